The number of hydrogen-bond acceptors (Lipinski definition) is 3. The molecule has 1 N–H and O–H groups in total. The van der Waals surface area contributed by atoms with Gasteiger partial charge in [-0.2, -0.15) is 0 Å². The molecule has 1 amide bonds. The molecule has 1 unspecified atom stereocenters. The zero-order valence-electron chi connectivity index (χ0n) is 12.6. The van der Waals surface area contributed by atoms with E-state index >= 15 is 0 Å². The molecule has 2 rings (SSSR count). The van der Waals surface area contributed by atoms with Gasteiger partial charge in [-0.05, 0) is 32.3 Å². The van der Waals surface area contributed by atoms with Crippen molar-refractivity contribution in [1.29, 1.82) is 0 Å². The predicted octanol–water partition coefficient (Wildman–Crippen LogP) is 2.28. The Kier molecular flexibility index (Phi) is 5.01. The highest BCUT2D eigenvalue weighted by molar-refractivity contribution is 5.78. The molecular weight excluding hydrogens is 252 g/mol. The summed E-state index contributed by atoms with van der Waals surface area (Å²) in [5.41, 5.74) is 2.34. The molecule has 4 heteroatoms. The fourth-order valence-corrected chi connectivity index (χ4v) is 2.50. The summed E-state index contributed by atoms with van der Waals surface area (Å²) in [5.74, 6) is 1.12. The molecule has 110 valence electrons. The molecule has 0 aliphatic carbocycles. The van der Waals surface area contributed by atoms with Crippen LogP contribution in [-0.2, 0) is 4.79 Å². The molecule has 0 saturated heterocycles. The largest absolute Gasteiger partial charge is 0.493 e. The van der Waals surface area contributed by atoms with Crippen LogP contribution in [0.25, 0.3) is 0 Å². The number of nitrogens with one attached hydrogen (secondary N) is 1. The minimum absolute atomic E-state index is 0.131. The van der Waals surface area contributed by atoms with E-state index in [-0.39, 0.29) is 11.9 Å². The fraction of sp³-hybridized carbons (Fsp3) is 0.562. The van der Waals surface area contributed by atoms with Gasteiger partial charge in [0.2, 0.25) is 5.91 Å². The number of nitrogens with zero attached hydrogens (tertiary/aromatic N) is 1. The Morgan fingerprint density at radius 1 is 1.50 bits per heavy atom. The van der Waals surface area contributed by atoms with Crippen LogP contribution in [0.5, 0.6) is 5.75 Å². The van der Waals surface area contributed by atoms with Gasteiger partial charge in [0, 0.05) is 25.2 Å². The first-order valence-electron chi connectivity index (χ1n) is 7.33. The second-order valence-electron chi connectivity index (χ2n) is 5.33. The van der Waals surface area contributed by atoms with Gasteiger partial charge in [-0.25, -0.2) is 0 Å². The molecule has 0 bridgehead atoms. The van der Waals surface area contributed by atoms with Gasteiger partial charge in [0.25, 0.3) is 0 Å². The first kappa shape index (κ1) is 14.9. The Morgan fingerprint density at radius 3 is 3.05 bits per heavy atom. The monoisotopic (exact) mass is 276 g/mol. The summed E-state index contributed by atoms with van der Waals surface area (Å²) >= 11 is 0. The zero-order chi connectivity index (χ0) is 14.5. The molecule has 1 atom stereocenters. The Morgan fingerprint density at radius 2 is 2.30 bits per heavy atom. The van der Waals surface area contributed by atoms with Crippen molar-refractivity contribution in [2.45, 2.75) is 32.7 Å². The van der Waals surface area contributed by atoms with Crippen LogP contribution in [0, 0.1) is 6.92 Å². The lowest BCUT2D eigenvalue weighted by atomic mass is 10.00. The summed E-state index contributed by atoms with van der Waals surface area (Å²) in [7, 11) is 1.83. The minimum Gasteiger partial charge on any atom is -0.493 e. The molecule has 1 heterocycles. The SMILES string of the molecule is CCN(C)C(=O)CNC1CCCOc2c(C)cccc21. The second kappa shape index (κ2) is 6.75. The number of likely N-dealkylation sites (N-methyl/N-ethyl adjacent to an activating group) is 1. The first-order chi connectivity index (χ1) is 9.63. The molecule has 1 aromatic carbocycles. The van der Waals surface area contributed by atoms with Crippen LogP contribution in [-0.4, -0.2) is 37.6 Å². The van der Waals surface area contributed by atoms with E-state index in [4.69, 9.17) is 4.74 Å². The van der Waals surface area contributed by atoms with Gasteiger partial charge in [-0.15, -0.1) is 0 Å². The average Bonchev–Trinajstić information content (AvgIpc) is 2.67. The average molecular weight is 276 g/mol. The van der Waals surface area contributed by atoms with Crippen LogP contribution in [0.3, 0.4) is 0 Å². The number of amides is 1. The first-order valence-corrected chi connectivity index (χ1v) is 7.33. The summed E-state index contributed by atoms with van der Waals surface area (Å²) in [6.07, 6.45) is 2.00. The van der Waals surface area contributed by atoms with Gasteiger partial charge in [0.15, 0.2) is 0 Å². The van der Waals surface area contributed by atoms with Crippen molar-refractivity contribution >= 4 is 5.91 Å². The van der Waals surface area contributed by atoms with Crippen LogP contribution in [0.15, 0.2) is 18.2 Å². The van der Waals surface area contributed by atoms with Gasteiger partial charge >= 0.3 is 0 Å². The van der Waals surface area contributed by atoms with Crippen molar-refractivity contribution < 1.29 is 9.53 Å². The maximum Gasteiger partial charge on any atom is 0.236 e. The van der Waals surface area contributed by atoms with Crippen LogP contribution < -0.4 is 10.1 Å². The molecule has 0 spiro atoms. The number of carbonyl (C=O) groups is 1. The number of carbonyl (C=O) groups excluding carboxylic acids is 1. The molecule has 1 aliphatic heterocycles. The van der Waals surface area contributed by atoms with E-state index in [1.165, 1.54) is 5.56 Å². The zero-order valence-corrected chi connectivity index (χ0v) is 12.6. The lowest BCUT2D eigenvalue weighted by Gasteiger charge is -2.21. The van der Waals surface area contributed by atoms with Gasteiger partial charge < -0.3 is 15.0 Å². The third-order valence-corrected chi connectivity index (χ3v) is 3.90. The van der Waals surface area contributed by atoms with Crippen molar-refractivity contribution in [2.75, 3.05) is 26.7 Å². The third kappa shape index (κ3) is 3.31. The molecule has 4 nitrogen and oxygen atoms in total. The van der Waals surface area contributed by atoms with E-state index in [0.717, 1.165) is 37.3 Å². The van der Waals surface area contributed by atoms with Crippen molar-refractivity contribution in [1.82, 2.24) is 10.2 Å². The van der Waals surface area contributed by atoms with E-state index in [1.807, 2.05) is 14.0 Å². The van der Waals surface area contributed by atoms with Gasteiger partial charge in [0.05, 0.1) is 13.2 Å². The number of hydrogen-bond donors (Lipinski definition) is 1. The van der Waals surface area contributed by atoms with E-state index in [0.29, 0.717) is 6.54 Å². The Balaban J connectivity index is 2.09. The number of ether oxygens (including phenoxy) is 1. The summed E-state index contributed by atoms with van der Waals surface area (Å²) < 4.78 is 5.85. The van der Waals surface area contributed by atoms with Gasteiger partial charge in [0.1, 0.15) is 5.75 Å². The minimum atomic E-state index is 0.131. The van der Waals surface area contributed by atoms with E-state index in [2.05, 4.69) is 30.4 Å². The lowest BCUT2D eigenvalue weighted by molar-refractivity contribution is -0.128. The quantitative estimate of drug-likeness (QED) is 0.917. The predicted molar refractivity (Wildman–Crippen MR) is 80.0 cm³/mol. The number of fused-ring (bicyclic) bond motifs is 1. The van der Waals surface area contributed by atoms with E-state index in [9.17, 15) is 4.79 Å². The molecule has 20 heavy (non-hydrogen) atoms. The Bertz CT molecular complexity index is 474. The van der Waals surface area contributed by atoms with Crippen LogP contribution >= 0.6 is 0 Å². The molecule has 0 fully saturated rings. The Labute approximate surface area is 121 Å². The topological polar surface area (TPSA) is 41.6 Å². The molecule has 0 aromatic heterocycles. The van der Waals surface area contributed by atoms with Crippen molar-refractivity contribution in [2.24, 2.45) is 0 Å². The highest BCUT2D eigenvalue weighted by Crippen LogP contribution is 2.33. The number of rotatable bonds is 4. The van der Waals surface area contributed by atoms with Crippen molar-refractivity contribution in [3.63, 3.8) is 0 Å². The summed E-state index contributed by atoms with van der Waals surface area (Å²) in [6.45, 7) is 5.92. The van der Waals surface area contributed by atoms with Crippen LogP contribution in [0.1, 0.15) is 36.9 Å². The number of aryl methyl sites for hydroxylation is 1. The van der Waals surface area contributed by atoms with Gasteiger partial charge in [-0.1, -0.05) is 18.2 Å². The number of para-hydroxylation sites is 1. The molecule has 1 aliphatic rings. The normalized spacial score (nSPS) is 17.9. The maximum absolute atomic E-state index is 11.9. The number of benzene rings is 1. The molecule has 0 radical (unpaired) electrons. The molecule has 1 aromatic rings. The summed E-state index contributed by atoms with van der Waals surface area (Å²) in [5, 5.41) is 3.39. The van der Waals surface area contributed by atoms with Crippen molar-refractivity contribution in [3.05, 3.63) is 29.3 Å². The highest BCUT2D eigenvalue weighted by Gasteiger charge is 2.21. The summed E-state index contributed by atoms with van der Waals surface area (Å²) in [6, 6.07) is 6.41. The summed E-state index contributed by atoms with van der Waals surface area (Å²) in [4.78, 5) is 13.6. The van der Waals surface area contributed by atoms with Crippen LogP contribution in [0.4, 0.5) is 0 Å². The van der Waals surface area contributed by atoms with E-state index in [1.54, 1.807) is 4.90 Å². The molecular formula is C16H24N2O2. The maximum atomic E-state index is 11.9. The third-order valence-electron chi connectivity index (χ3n) is 3.90. The smallest absolute Gasteiger partial charge is 0.236 e. The highest BCUT2D eigenvalue weighted by atomic mass is 16.5. The lowest BCUT2D eigenvalue weighted by Crippen LogP contribution is -2.36. The second-order valence-corrected chi connectivity index (χ2v) is 5.33. The van der Waals surface area contributed by atoms with Gasteiger partial charge in [-0.3, -0.25) is 4.79 Å². The fourth-order valence-electron chi connectivity index (χ4n) is 2.50. The molecule has 0 saturated carbocycles. The Hall–Kier alpha value is -1.55. The standard InChI is InChI=1S/C16H24N2O2/c1-4-18(3)15(19)11-17-14-9-6-10-20-16-12(2)7-5-8-13(14)16/h5,7-8,14,17H,4,6,9-11H2,1-3H3. The van der Waals surface area contributed by atoms with Crippen molar-refractivity contribution in [3.8, 4) is 5.75 Å². The van der Waals surface area contributed by atoms with Crippen LogP contribution in [0.2, 0.25) is 0 Å². The van der Waals surface area contributed by atoms with E-state index < -0.39 is 0 Å².